The Hall–Kier alpha value is -1.80. The molecule has 2 amide bonds. The van der Waals surface area contributed by atoms with Gasteiger partial charge in [0, 0.05) is 42.5 Å². The van der Waals surface area contributed by atoms with Gasteiger partial charge < -0.3 is 10.2 Å². The molecule has 2 fully saturated rings. The van der Waals surface area contributed by atoms with Gasteiger partial charge in [-0.3, -0.25) is 9.59 Å². The first-order chi connectivity index (χ1) is 14.2. The van der Waals surface area contributed by atoms with E-state index in [1.165, 1.54) is 17.8 Å². The molecular formula is C21H28N4O2S2. The maximum absolute atomic E-state index is 13.4. The van der Waals surface area contributed by atoms with Gasteiger partial charge in [0.05, 0.1) is 6.04 Å². The van der Waals surface area contributed by atoms with Crippen molar-refractivity contribution in [2.24, 2.45) is 5.41 Å². The molecule has 156 valence electrons. The number of nitrogens with one attached hydrogen (secondary N) is 1. The molecule has 1 unspecified atom stereocenters. The third-order valence-electron chi connectivity index (χ3n) is 6.21. The van der Waals surface area contributed by atoms with Gasteiger partial charge in [0.1, 0.15) is 5.01 Å². The first-order valence-corrected chi connectivity index (χ1v) is 12.3. The van der Waals surface area contributed by atoms with E-state index in [2.05, 4.69) is 15.3 Å². The van der Waals surface area contributed by atoms with Gasteiger partial charge in [-0.25, -0.2) is 9.97 Å². The maximum Gasteiger partial charge on any atom is 0.226 e. The zero-order valence-corrected chi connectivity index (χ0v) is 18.3. The van der Waals surface area contributed by atoms with Crippen molar-refractivity contribution < 1.29 is 9.59 Å². The van der Waals surface area contributed by atoms with Gasteiger partial charge >= 0.3 is 0 Å². The molecule has 0 aromatic carbocycles. The van der Waals surface area contributed by atoms with Crippen LogP contribution >= 0.6 is 22.7 Å². The van der Waals surface area contributed by atoms with E-state index in [-0.39, 0.29) is 23.3 Å². The fraction of sp³-hybridized carbons (Fsp3) is 0.619. The van der Waals surface area contributed by atoms with Crippen molar-refractivity contribution in [2.45, 2.75) is 70.3 Å². The number of amides is 2. The van der Waals surface area contributed by atoms with Gasteiger partial charge in [-0.15, -0.1) is 22.7 Å². The number of carbonyl (C=O) groups is 2. The van der Waals surface area contributed by atoms with Crippen LogP contribution in [0.15, 0.2) is 23.2 Å². The summed E-state index contributed by atoms with van der Waals surface area (Å²) >= 11 is 3.06. The number of nitrogens with zero attached hydrogens (tertiary/aromatic N) is 3. The van der Waals surface area contributed by atoms with E-state index in [4.69, 9.17) is 0 Å². The standard InChI is InChI=1S/C21H28N4O2S2/c26-17(24-20-23-10-13-29-20)14-21(7-3-1-4-8-21)15-18(27)25-11-5-2-6-16(25)19-22-9-12-28-19/h9-10,12-13,16H,1-8,11,14-15H2,(H,23,24,26). The topological polar surface area (TPSA) is 75.2 Å². The average molecular weight is 433 g/mol. The molecule has 0 bridgehead atoms. The Bertz CT molecular complexity index is 801. The lowest BCUT2D eigenvalue weighted by molar-refractivity contribution is -0.139. The highest BCUT2D eigenvalue weighted by molar-refractivity contribution is 7.13. The number of hydrogen-bond donors (Lipinski definition) is 1. The third-order valence-corrected chi connectivity index (χ3v) is 7.78. The number of hydrogen-bond acceptors (Lipinski definition) is 6. The number of carbonyl (C=O) groups excluding carboxylic acids is 2. The highest BCUT2D eigenvalue weighted by Gasteiger charge is 2.39. The van der Waals surface area contributed by atoms with Crippen molar-refractivity contribution in [3.05, 3.63) is 28.2 Å². The second kappa shape index (κ2) is 9.34. The normalized spacial score (nSPS) is 21.7. The Morgan fingerprint density at radius 2 is 1.83 bits per heavy atom. The Labute approximate surface area is 179 Å². The summed E-state index contributed by atoms with van der Waals surface area (Å²) in [5.74, 6) is 0.165. The largest absolute Gasteiger partial charge is 0.333 e. The number of anilines is 1. The zero-order valence-electron chi connectivity index (χ0n) is 16.6. The van der Waals surface area contributed by atoms with E-state index >= 15 is 0 Å². The van der Waals surface area contributed by atoms with Crippen LogP contribution in [0.4, 0.5) is 5.13 Å². The molecule has 1 saturated heterocycles. The molecule has 2 aromatic heterocycles. The second-order valence-corrected chi connectivity index (χ2v) is 10.1. The number of thiazole rings is 2. The molecule has 29 heavy (non-hydrogen) atoms. The molecule has 0 spiro atoms. The molecule has 3 heterocycles. The van der Waals surface area contributed by atoms with E-state index in [0.717, 1.165) is 56.5 Å². The molecule has 1 aliphatic carbocycles. The van der Waals surface area contributed by atoms with Crippen LogP contribution in [-0.2, 0) is 9.59 Å². The maximum atomic E-state index is 13.4. The first-order valence-electron chi connectivity index (χ1n) is 10.5. The van der Waals surface area contributed by atoms with Crippen molar-refractivity contribution in [3.8, 4) is 0 Å². The smallest absolute Gasteiger partial charge is 0.226 e. The van der Waals surface area contributed by atoms with Crippen LogP contribution in [-0.4, -0.2) is 33.2 Å². The van der Waals surface area contributed by atoms with Gasteiger partial charge in [-0.2, -0.15) is 0 Å². The van der Waals surface area contributed by atoms with Crippen LogP contribution in [0.25, 0.3) is 0 Å². The molecule has 8 heteroatoms. The van der Waals surface area contributed by atoms with Crippen molar-refractivity contribution in [1.82, 2.24) is 14.9 Å². The minimum atomic E-state index is -0.235. The minimum Gasteiger partial charge on any atom is -0.333 e. The molecule has 1 N–H and O–H groups in total. The second-order valence-electron chi connectivity index (χ2n) is 8.27. The molecule has 2 aliphatic rings. The van der Waals surface area contributed by atoms with Crippen molar-refractivity contribution in [3.63, 3.8) is 0 Å². The lowest BCUT2D eigenvalue weighted by Gasteiger charge is -2.40. The first kappa shape index (κ1) is 20.5. The van der Waals surface area contributed by atoms with Gasteiger partial charge in [0.2, 0.25) is 11.8 Å². The van der Waals surface area contributed by atoms with E-state index in [9.17, 15) is 9.59 Å². The summed E-state index contributed by atoms with van der Waals surface area (Å²) in [6.45, 7) is 0.796. The Balaban J connectivity index is 1.46. The Morgan fingerprint density at radius 1 is 1.03 bits per heavy atom. The quantitative estimate of drug-likeness (QED) is 0.695. The molecule has 6 nitrogen and oxygen atoms in total. The van der Waals surface area contributed by atoms with Crippen molar-refractivity contribution in [2.75, 3.05) is 11.9 Å². The number of rotatable bonds is 6. The molecule has 1 saturated carbocycles. The predicted molar refractivity (Wildman–Crippen MR) is 116 cm³/mol. The van der Waals surface area contributed by atoms with Crippen LogP contribution in [0, 0.1) is 5.41 Å². The number of piperidine rings is 1. The SMILES string of the molecule is O=C(CC1(CC(=O)N2CCCCC2c2nccs2)CCCCC1)Nc1nccs1. The number of likely N-dealkylation sites (tertiary alicyclic amines) is 1. The number of aromatic nitrogens is 2. The third kappa shape index (κ3) is 5.04. The Morgan fingerprint density at radius 3 is 2.55 bits per heavy atom. The highest BCUT2D eigenvalue weighted by atomic mass is 32.1. The molecule has 4 rings (SSSR count). The summed E-state index contributed by atoms with van der Waals surface area (Å²) < 4.78 is 0. The van der Waals surface area contributed by atoms with E-state index in [0.29, 0.717) is 18.0 Å². The van der Waals surface area contributed by atoms with Gasteiger partial charge in [-0.1, -0.05) is 19.3 Å². The zero-order chi connectivity index (χ0) is 20.1. The summed E-state index contributed by atoms with van der Waals surface area (Å²) in [7, 11) is 0. The average Bonchev–Trinajstić information content (AvgIpc) is 3.42. The summed E-state index contributed by atoms with van der Waals surface area (Å²) in [5, 5.41) is 8.42. The highest BCUT2D eigenvalue weighted by Crippen LogP contribution is 2.44. The lowest BCUT2D eigenvalue weighted by atomic mass is 9.69. The van der Waals surface area contributed by atoms with Crippen molar-refractivity contribution >= 4 is 39.6 Å². The van der Waals surface area contributed by atoms with Gasteiger partial charge in [-0.05, 0) is 37.5 Å². The summed E-state index contributed by atoms with van der Waals surface area (Å²) in [6.07, 6.45) is 12.8. The lowest BCUT2D eigenvalue weighted by Crippen LogP contribution is -2.42. The fourth-order valence-electron chi connectivity index (χ4n) is 4.82. The van der Waals surface area contributed by atoms with E-state index < -0.39 is 0 Å². The van der Waals surface area contributed by atoms with E-state index in [1.807, 2.05) is 21.9 Å². The summed E-state index contributed by atoms with van der Waals surface area (Å²) in [6, 6.07) is 0.0982. The minimum absolute atomic E-state index is 0.0234. The molecule has 0 radical (unpaired) electrons. The fourth-order valence-corrected chi connectivity index (χ4v) is 6.15. The molecule has 1 atom stereocenters. The molecule has 2 aromatic rings. The molecular weight excluding hydrogens is 404 g/mol. The van der Waals surface area contributed by atoms with E-state index in [1.54, 1.807) is 17.5 Å². The molecule has 1 aliphatic heterocycles. The monoisotopic (exact) mass is 432 g/mol. The van der Waals surface area contributed by atoms with Crippen LogP contribution in [0.1, 0.15) is 75.3 Å². The summed E-state index contributed by atoms with van der Waals surface area (Å²) in [4.78, 5) is 36.8. The summed E-state index contributed by atoms with van der Waals surface area (Å²) in [5.41, 5.74) is -0.235. The van der Waals surface area contributed by atoms with Crippen LogP contribution in [0.3, 0.4) is 0 Å². The van der Waals surface area contributed by atoms with Gasteiger partial charge in [0.15, 0.2) is 5.13 Å². The van der Waals surface area contributed by atoms with Crippen LogP contribution < -0.4 is 5.32 Å². The van der Waals surface area contributed by atoms with Crippen LogP contribution in [0.2, 0.25) is 0 Å². The van der Waals surface area contributed by atoms with Crippen LogP contribution in [0.5, 0.6) is 0 Å². The predicted octanol–water partition coefficient (Wildman–Crippen LogP) is 5.02. The Kier molecular flexibility index (Phi) is 6.60. The van der Waals surface area contributed by atoms with Gasteiger partial charge in [0.25, 0.3) is 0 Å². The van der Waals surface area contributed by atoms with Crippen molar-refractivity contribution in [1.29, 1.82) is 0 Å².